The van der Waals surface area contributed by atoms with Crippen molar-refractivity contribution in [1.82, 2.24) is 4.90 Å². The van der Waals surface area contributed by atoms with Gasteiger partial charge in [-0.25, -0.2) is 0 Å². The average Bonchev–Trinajstić information content (AvgIpc) is 2.37. The van der Waals surface area contributed by atoms with Gasteiger partial charge in [0.05, 0.1) is 12.6 Å². The maximum absolute atomic E-state index is 11.8. The van der Waals surface area contributed by atoms with Crippen LogP contribution in [-0.4, -0.2) is 38.7 Å². The predicted molar refractivity (Wildman–Crippen MR) is 69.8 cm³/mol. The third-order valence-electron chi connectivity index (χ3n) is 3.62. The molecule has 0 aromatic heterocycles. The van der Waals surface area contributed by atoms with Crippen molar-refractivity contribution in [3.63, 3.8) is 0 Å². The third-order valence-corrected chi connectivity index (χ3v) is 3.62. The Kier molecular flexibility index (Phi) is 3.95. The van der Waals surface area contributed by atoms with Crippen LogP contribution in [0, 0.1) is 0 Å². The lowest BCUT2D eigenvalue weighted by Gasteiger charge is -2.34. The minimum atomic E-state index is -0.865. The van der Waals surface area contributed by atoms with E-state index in [1.54, 1.807) is 11.0 Å². The number of hydrogen-bond donors (Lipinski definition) is 3. The summed E-state index contributed by atoms with van der Waals surface area (Å²) in [7, 11) is 0. The van der Waals surface area contributed by atoms with Crippen LogP contribution in [0.5, 0.6) is 11.5 Å². The summed E-state index contributed by atoms with van der Waals surface area (Å²) in [6.45, 7) is 2.18. The highest BCUT2D eigenvalue weighted by atomic mass is 16.3. The number of phenolic OH excluding ortho intramolecular Hbond substituents is 2. The second-order valence-corrected chi connectivity index (χ2v) is 5.05. The number of aromatic hydroxyl groups is 2. The van der Waals surface area contributed by atoms with Gasteiger partial charge in [-0.3, -0.25) is 4.79 Å². The highest BCUT2D eigenvalue weighted by molar-refractivity contribution is 5.77. The van der Waals surface area contributed by atoms with E-state index in [-0.39, 0.29) is 30.0 Å². The summed E-state index contributed by atoms with van der Waals surface area (Å²) < 4.78 is 0. The Morgan fingerprint density at radius 2 is 2.11 bits per heavy atom. The third kappa shape index (κ3) is 2.98. The fourth-order valence-corrected chi connectivity index (χ4v) is 2.42. The highest BCUT2D eigenvalue weighted by Gasteiger charge is 2.27. The predicted octanol–water partition coefficient (Wildman–Crippen LogP) is 1.53. The molecule has 1 fully saturated rings. The first-order chi connectivity index (χ1) is 8.99. The zero-order valence-corrected chi connectivity index (χ0v) is 10.9. The second kappa shape index (κ2) is 5.48. The number of rotatable bonds is 3. The van der Waals surface area contributed by atoms with Crippen molar-refractivity contribution in [3.8, 4) is 11.5 Å². The van der Waals surface area contributed by atoms with Crippen molar-refractivity contribution in [2.75, 3.05) is 6.54 Å². The summed E-state index contributed by atoms with van der Waals surface area (Å²) in [6.07, 6.45) is 1.50. The van der Waals surface area contributed by atoms with Gasteiger partial charge in [0, 0.05) is 12.5 Å². The van der Waals surface area contributed by atoms with Crippen LogP contribution in [0.1, 0.15) is 37.9 Å². The zero-order chi connectivity index (χ0) is 14.0. The number of nitrogens with zero attached hydrogens (tertiary/aromatic N) is 1. The van der Waals surface area contributed by atoms with Crippen LogP contribution in [0.25, 0.3) is 0 Å². The van der Waals surface area contributed by atoms with Crippen LogP contribution in [-0.2, 0) is 4.79 Å². The molecule has 5 heteroatoms. The fourth-order valence-electron chi connectivity index (χ4n) is 2.42. The Morgan fingerprint density at radius 3 is 2.74 bits per heavy atom. The molecule has 104 valence electrons. The molecule has 0 aliphatic carbocycles. The number of piperidine rings is 1. The zero-order valence-electron chi connectivity index (χ0n) is 10.9. The topological polar surface area (TPSA) is 81.0 Å². The number of amides is 1. The number of benzene rings is 1. The molecular formula is C14H19NO4. The number of aliphatic hydroxyl groups excluding tert-OH is 1. The molecule has 3 N–H and O–H groups in total. The lowest BCUT2D eigenvalue weighted by atomic mass is 10.0. The van der Waals surface area contributed by atoms with E-state index in [1.807, 2.05) is 6.92 Å². The maximum Gasteiger partial charge on any atom is 0.222 e. The van der Waals surface area contributed by atoms with Crippen LogP contribution in [0.2, 0.25) is 0 Å². The van der Waals surface area contributed by atoms with Gasteiger partial charge in [-0.1, -0.05) is 6.07 Å². The van der Waals surface area contributed by atoms with Gasteiger partial charge in [0.15, 0.2) is 11.5 Å². The Bertz CT molecular complexity index is 475. The van der Waals surface area contributed by atoms with E-state index >= 15 is 0 Å². The SMILES string of the molecule is C[C@H]1CCCC(=O)N1C[C@@H](O)c1ccc(O)c(O)c1. The van der Waals surface area contributed by atoms with E-state index in [1.165, 1.54) is 12.1 Å². The van der Waals surface area contributed by atoms with Gasteiger partial charge >= 0.3 is 0 Å². The summed E-state index contributed by atoms with van der Waals surface area (Å²) in [5.41, 5.74) is 0.487. The van der Waals surface area contributed by atoms with Crippen molar-refractivity contribution in [3.05, 3.63) is 23.8 Å². The van der Waals surface area contributed by atoms with Crippen molar-refractivity contribution in [2.45, 2.75) is 38.3 Å². The van der Waals surface area contributed by atoms with Crippen molar-refractivity contribution < 1.29 is 20.1 Å². The smallest absolute Gasteiger partial charge is 0.222 e. The lowest BCUT2D eigenvalue weighted by molar-refractivity contribution is -0.137. The Labute approximate surface area is 112 Å². The van der Waals surface area contributed by atoms with Gasteiger partial charge in [0.1, 0.15) is 0 Å². The largest absolute Gasteiger partial charge is 0.504 e. The van der Waals surface area contributed by atoms with Crippen LogP contribution in [0.4, 0.5) is 0 Å². The first kappa shape index (κ1) is 13.7. The molecule has 0 radical (unpaired) electrons. The van der Waals surface area contributed by atoms with E-state index in [0.29, 0.717) is 12.0 Å². The number of hydrogen-bond acceptors (Lipinski definition) is 4. The van der Waals surface area contributed by atoms with Crippen LogP contribution >= 0.6 is 0 Å². The molecule has 1 aliphatic rings. The quantitative estimate of drug-likeness (QED) is 0.724. The van der Waals surface area contributed by atoms with Gasteiger partial charge < -0.3 is 20.2 Å². The molecule has 1 saturated heterocycles. The number of carbonyl (C=O) groups is 1. The molecule has 1 aromatic rings. The van der Waals surface area contributed by atoms with Gasteiger partial charge in [-0.2, -0.15) is 0 Å². The van der Waals surface area contributed by atoms with E-state index in [0.717, 1.165) is 12.8 Å². The van der Waals surface area contributed by atoms with E-state index in [9.17, 15) is 20.1 Å². The minimum absolute atomic E-state index is 0.0563. The van der Waals surface area contributed by atoms with Gasteiger partial charge in [-0.05, 0) is 37.5 Å². The van der Waals surface area contributed by atoms with Gasteiger partial charge in [0.2, 0.25) is 5.91 Å². The summed E-state index contributed by atoms with van der Waals surface area (Å²) in [5, 5.41) is 28.8. The molecule has 0 spiro atoms. The van der Waals surface area contributed by atoms with E-state index < -0.39 is 6.10 Å². The molecule has 2 atom stereocenters. The van der Waals surface area contributed by atoms with Crippen molar-refractivity contribution in [1.29, 1.82) is 0 Å². The summed E-state index contributed by atoms with van der Waals surface area (Å²) >= 11 is 0. The van der Waals surface area contributed by atoms with E-state index in [4.69, 9.17) is 0 Å². The first-order valence-corrected chi connectivity index (χ1v) is 6.48. The molecule has 0 bridgehead atoms. The molecule has 0 unspecified atom stereocenters. The van der Waals surface area contributed by atoms with Crippen molar-refractivity contribution in [2.24, 2.45) is 0 Å². The monoisotopic (exact) mass is 265 g/mol. The van der Waals surface area contributed by atoms with Gasteiger partial charge in [-0.15, -0.1) is 0 Å². The molecular weight excluding hydrogens is 246 g/mol. The molecule has 1 amide bonds. The normalized spacial score (nSPS) is 21.5. The minimum Gasteiger partial charge on any atom is -0.504 e. The molecule has 2 rings (SSSR count). The number of aliphatic hydroxyl groups is 1. The summed E-state index contributed by atoms with van der Waals surface area (Å²) in [4.78, 5) is 13.5. The Morgan fingerprint density at radius 1 is 1.37 bits per heavy atom. The van der Waals surface area contributed by atoms with E-state index in [2.05, 4.69) is 0 Å². The molecule has 1 aromatic carbocycles. The lowest BCUT2D eigenvalue weighted by Crippen LogP contribution is -2.44. The second-order valence-electron chi connectivity index (χ2n) is 5.05. The molecule has 5 nitrogen and oxygen atoms in total. The highest BCUT2D eigenvalue weighted by Crippen LogP contribution is 2.29. The number of likely N-dealkylation sites (tertiary alicyclic amines) is 1. The van der Waals surface area contributed by atoms with Crippen LogP contribution < -0.4 is 0 Å². The van der Waals surface area contributed by atoms with Crippen LogP contribution in [0.15, 0.2) is 18.2 Å². The number of phenols is 2. The average molecular weight is 265 g/mol. The molecule has 1 aliphatic heterocycles. The molecule has 19 heavy (non-hydrogen) atoms. The maximum atomic E-state index is 11.8. The Hall–Kier alpha value is -1.75. The number of carbonyl (C=O) groups excluding carboxylic acids is 1. The van der Waals surface area contributed by atoms with Gasteiger partial charge in [0.25, 0.3) is 0 Å². The number of β-amino-alcohol motifs (C(OH)–C–C–N with tert-alkyl or cyclic N) is 1. The molecule has 0 saturated carbocycles. The molecule has 1 heterocycles. The first-order valence-electron chi connectivity index (χ1n) is 6.48. The summed E-state index contributed by atoms with van der Waals surface area (Å²) in [5.74, 6) is -0.436. The Balaban J connectivity index is 2.09. The van der Waals surface area contributed by atoms with Crippen molar-refractivity contribution >= 4 is 5.91 Å². The fraction of sp³-hybridized carbons (Fsp3) is 0.500. The standard InChI is InChI=1S/C14H19NO4/c1-9-3-2-4-14(19)15(9)8-13(18)10-5-6-11(16)12(17)7-10/h5-7,9,13,16-18H,2-4,8H2,1H3/t9-,13+/m0/s1. The summed E-state index contributed by atoms with van der Waals surface area (Å²) in [6, 6.07) is 4.31. The van der Waals surface area contributed by atoms with Crippen LogP contribution in [0.3, 0.4) is 0 Å².